The van der Waals surface area contributed by atoms with Gasteiger partial charge in [0.15, 0.2) is 12.0 Å². The molecule has 2 rings (SSSR count). The number of hydrogen-bond acceptors (Lipinski definition) is 6. The molecule has 2 fully saturated rings. The van der Waals surface area contributed by atoms with Gasteiger partial charge in [0, 0.05) is 6.04 Å². The summed E-state index contributed by atoms with van der Waals surface area (Å²) in [7, 11) is 0. The zero-order valence-corrected chi connectivity index (χ0v) is 13.6. The topological polar surface area (TPSA) is 90.0 Å². The molecular formula is C16H23NO6. The van der Waals surface area contributed by atoms with Crippen LogP contribution in [0.4, 0.5) is 0 Å². The summed E-state index contributed by atoms with van der Waals surface area (Å²) in [5, 5.41) is 0. The van der Waals surface area contributed by atoms with Crippen molar-refractivity contribution in [2.75, 3.05) is 13.2 Å². The third kappa shape index (κ3) is 3.38. The lowest BCUT2D eigenvalue weighted by atomic mass is 9.92. The number of esters is 2. The van der Waals surface area contributed by atoms with E-state index in [1.54, 1.807) is 13.8 Å². The van der Waals surface area contributed by atoms with Crippen LogP contribution in [0.1, 0.15) is 46.0 Å². The van der Waals surface area contributed by atoms with E-state index in [2.05, 4.69) is 0 Å². The lowest BCUT2D eigenvalue weighted by Crippen LogP contribution is -2.50. The molecule has 1 saturated carbocycles. The van der Waals surface area contributed by atoms with E-state index in [0.717, 1.165) is 32.1 Å². The van der Waals surface area contributed by atoms with Crippen LogP contribution in [0.2, 0.25) is 0 Å². The summed E-state index contributed by atoms with van der Waals surface area (Å²) >= 11 is 0. The Bertz CT molecular complexity index is 497. The van der Waals surface area contributed by atoms with E-state index in [9.17, 15) is 19.2 Å². The maximum atomic E-state index is 12.4. The zero-order valence-electron chi connectivity index (χ0n) is 13.6. The van der Waals surface area contributed by atoms with Crippen molar-refractivity contribution in [1.29, 1.82) is 0 Å². The number of likely N-dealkylation sites (tertiary alicyclic amines) is 1. The van der Waals surface area contributed by atoms with E-state index >= 15 is 0 Å². The molecule has 1 amide bonds. The third-order valence-corrected chi connectivity index (χ3v) is 4.38. The smallest absolute Gasteiger partial charge is 0.330 e. The number of ether oxygens (including phenoxy) is 2. The van der Waals surface area contributed by atoms with Crippen LogP contribution in [-0.4, -0.2) is 53.8 Å². The Kier molecular flexibility index (Phi) is 5.74. The van der Waals surface area contributed by atoms with Gasteiger partial charge in [-0.05, 0) is 26.7 Å². The molecule has 1 aliphatic carbocycles. The minimum Gasteiger partial charge on any atom is -0.465 e. The molecule has 7 heteroatoms. The Hall–Kier alpha value is -1.92. The summed E-state index contributed by atoms with van der Waals surface area (Å²) in [6.07, 6.45) is 4.39. The first-order valence-corrected chi connectivity index (χ1v) is 8.22. The highest BCUT2D eigenvalue weighted by Gasteiger charge is 2.57. The van der Waals surface area contributed by atoms with Crippen LogP contribution < -0.4 is 0 Å². The van der Waals surface area contributed by atoms with Gasteiger partial charge in [-0.1, -0.05) is 19.3 Å². The highest BCUT2D eigenvalue weighted by molar-refractivity contribution is 6.43. The molecule has 23 heavy (non-hydrogen) atoms. The lowest BCUT2D eigenvalue weighted by Gasteiger charge is -2.34. The fourth-order valence-corrected chi connectivity index (χ4v) is 3.39. The highest BCUT2D eigenvalue weighted by atomic mass is 16.5. The van der Waals surface area contributed by atoms with Crippen molar-refractivity contribution in [2.24, 2.45) is 5.92 Å². The van der Waals surface area contributed by atoms with Crippen molar-refractivity contribution in [3.05, 3.63) is 0 Å². The Balaban J connectivity index is 2.33. The molecule has 0 aromatic heterocycles. The van der Waals surface area contributed by atoms with E-state index in [-0.39, 0.29) is 19.3 Å². The molecule has 0 bridgehead atoms. The first-order valence-electron chi connectivity index (χ1n) is 8.22. The van der Waals surface area contributed by atoms with Gasteiger partial charge in [-0.2, -0.15) is 0 Å². The van der Waals surface area contributed by atoms with E-state index in [4.69, 9.17) is 9.47 Å². The second kappa shape index (κ2) is 7.57. The summed E-state index contributed by atoms with van der Waals surface area (Å²) in [4.78, 5) is 50.4. The molecule has 1 saturated heterocycles. The third-order valence-electron chi connectivity index (χ3n) is 4.38. The standard InChI is InChI=1S/C16H23NO6/c1-3-22-15(20)11-12(16(21)23-4-2)17(14(19)13(11)18)10-8-6-5-7-9-10/h10-12H,3-9H2,1-2H3/t11-,12+/m0/s1. The molecule has 0 unspecified atom stereocenters. The molecule has 1 aliphatic heterocycles. The van der Waals surface area contributed by atoms with Gasteiger partial charge < -0.3 is 14.4 Å². The SMILES string of the molecule is CCOC(=O)[C@@H]1C(=O)C(=O)N(C2CCCCC2)[C@H]1C(=O)OCC. The second-order valence-electron chi connectivity index (χ2n) is 5.80. The van der Waals surface area contributed by atoms with E-state index < -0.39 is 35.6 Å². The maximum Gasteiger partial charge on any atom is 0.330 e. The fraction of sp³-hybridized carbons (Fsp3) is 0.750. The van der Waals surface area contributed by atoms with Crippen LogP contribution in [0.25, 0.3) is 0 Å². The van der Waals surface area contributed by atoms with Crippen molar-refractivity contribution >= 4 is 23.6 Å². The average Bonchev–Trinajstić information content (AvgIpc) is 2.81. The number of ketones is 1. The summed E-state index contributed by atoms with van der Waals surface area (Å²) in [5.41, 5.74) is 0. The van der Waals surface area contributed by atoms with Gasteiger partial charge >= 0.3 is 11.9 Å². The van der Waals surface area contributed by atoms with E-state index in [1.807, 2.05) is 0 Å². The first kappa shape index (κ1) is 17.4. The van der Waals surface area contributed by atoms with E-state index in [1.165, 1.54) is 4.90 Å². The molecule has 128 valence electrons. The molecule has 0 aromatic carbocycles. The predicted molar refractivity (Wildman–Crippen MR) is 79.3 cm³/mol. The van der Waals surface area contributed by atoms with Crippen LogP contribution in [-0.2, 0) is 28.7 Å². The van der Waals surface area contributed by atoms with Crippen molar-refractivity contribution in [3.8, 4) is 0 Å². The van der Waals surface area contributed by atoms with Crippen molar-refractivity contribution < 1.29 is 28.7 Å². The van der Waals surface area contributed by atoms with Crippen LogP contribution in [0.15, 0.2) is 0 Å². The highest BCUT2D eigenvalue weighted by Crippen LogP contribution is 2.33. The normalized spacial score (nSPS) is 25.6. The van der Waals surface area contributed by atoms with Crippen molar-refractivity contribution in [1.82, 2.24) is 4.90 Å². The number of amides is 1. The van der Waals surface area contributed by atoms with Gasteiger partial charge in [0.1, 0.15) is 0 Å². The lowest BCUT2D eigenvalue weighted by molar-refractivity contribution is -0.161. The number of carbonyl (C=O) groups excluding carboxylic acids is 4. The van der Waals surface area contributed by atoms with Gasteiger partial charge in [0.05, 0.1) is 13.2 Å². The quantitative estimate of drug-likeness (QED) is 0.423. The summed E-state index contributed by atoms with van der Waals surface area (Å²) in [6.45, 7) is 3.44. The number of nitrogens with zero attached hydrogens (tertiary/aromatic N) is 1. The molecule has 0 spiro atoms. The Labute approximate surface area is 135 Å². The number of rotatable bonds is 5. The molecule has 0 N–H and O–H groups in total. The largest absolute Gasteiger partial charge is 0.465 e. The molecule has 0 radical (unpaired) electrons. The molecule has 2 aliphatic rings. The minimum atomic E-state index is -1.41. The molecule has 7 nitrogen and oxygen atoms in total. The monoisotopic (exact) mass is 325 g/mol. The number of carbonyl (C=O) groups is 4. The number of hydrogen-bond donors (Lipinski definition) is 0. The average molecular weight is 325 g/mol. The Morgan fingerprint density at radius 3 is 2.13 bits per heavy atom. The zero-order chi connectivity index (χ0) is 17.0. The minimum absolute atomic E-state index is 0.0791. The maximum absolute atomic E-state index is 12.4. The predicted octanol–water partition coefficient (Wildman–Crippen LogP) is 0.841. The molecule has 2 atom stereocenters. The van der Waals surface area contributed by atoms with Gasteiger partial charge in [0.25, 0.3) is 5.91 Å². The van der Waals surface area contributed by atoms with Crippen molar-refractivity contribution in [3.63, 3.8) is 0 Å². The number of Topliss-reactive ketones (excluding diaryl/α,β-unsaturated/α-hetero) is 1. The van der Waals surface area contributed by atoms with Gasteiger partial charge in [-0.3, -0.25) is 14.4 Å². The fourth-order valence-electron chi connectivity index (χ4n) is 3.39. The van der Waals surface area contributed by atoms with Crippen LogP contribution in [0, 0.1) is 5.92 Å². The molecular weight excluding hydrogens is 302 g/mol. The second-order valence-corrected chi connectivity index (χ2v) is 5.80. The van der Waals surface area contributed by atoms with E-state index in [0.29, 0.717) is 0 Å². The Morgan fingerprint density at radius 1 is 1.00 bits per heavy atom. The van der Waals surface area contributed by atoms with Crippen LogP contribution >= 0.6 is 0 Å². The van der Waals surface area contributed by atoms with Gasteiger partial charge in [0.2, 0.25) is 5.78 Å². The van der Waals surface area contributed by atoms with Gasteiger partial charge in [-0.15, -0.1) is 0 Å². The summed E-state index contributed by atoms with van der Waals surface area (Å²) in [6, 6.07) is -1.40. The molecule has 0 aromatic rings. The van der Waals surface area contributed by atoms with Crippen LogP contribution in [0.5, 0.6) is 0 Å². The Morgan fingerprint density at radius 2 is 1.57 bits per heavy atom. The molecule has 1 heterocycles. The van der Waals surface area contributed by atoms with Crippen molar-refractivity contribution in [2.45, 2.75) is 58.0 Å². The van der Waals surface area contributed by atoms with Gasteiger partial charge in [-0.25, -0.2) is 4.79 Å². The van der Waals surface area contributed by atoms with Crippen LogP contribution in [0.3, 0.4) is 0 Å². The summed E-state index contributed by atoms with van der Waals surface area (Å²) in [5.74, 6) is -4.60. The first-order chi connectivity index (χ1) is 11.0. The summed E-state index contributed by atoms with van der Waals surface area (Å²) < 4.78 is 9.90.